The normalized spacial score (nSPS) is 31.4. The van der Waals surface area contributed by atoms with Crippen molar-refractivity contribution in [3.8, 4) is 0 Å². The van der Waals surface area contributed by atoms with Gasteiger partial charge in [-0.25, -0.2) is 19.6 Å². The lowest BCUT2D eigenvalue weighted by atomic mass is 9.53. The lowest BCUT2D eigenvalue weighted by Gasteiger charge is -2.57. The Hall–Kier alpha value is -2.68. The number of benzene rings is 1. The quantitative estimate of drug-likeness (QED) is 0.126. The number of aliphatic hydroxyl groups is 2. The Bertz CT molecular complexity index is 1430. The lowest BCUT2D eigenvalue weighted by molar-refractivity contribution is -0.481. The average molecular weight is 689 g/mol. The van der Waals surface area contributed by atoms with Gasteiger partial charge in [-0.3, -0.25) is 0 Å². The fourth-order valence-corrected chi connectivity index (χ4v) is 8.93. The number of hydrogen-bond donors (Lipinski definition) is 3. The highest BCUT2D eigenvalue weighted by Gasteiger charge is 2.58. The van der Waals surface area contributed by atoms with Gasteiger partial charge in [0.2, 0.25) is 5.79 Å². The zero-order chi connectivity index (χ0) is 34.4. The molecule has 1 aromatic heterocycles. The third-order valence-corrected chi connectivity index (χ3v) is 11.1. The number of fused-ring (bicyclic) bond motifs is 1. The van der Waals surface area contributed by atoms with Crippen LogP contribution in [0.2, 0.25) is 0 Å². The molecule has 6 aliphatic rings. The second-order valence-electron chi connectivity index (χ2n) is 14.3. The van der Waals surface area contributed by atoms with Crippen LogP contribution < -0.4 is 0 Å². The molecule has 266 valence electrons. The molecule has 2 heterocycles. The van der Waals surface area contributed by atoms with Gasteiger partial charge in [0.15, 0.2) is 0 Å². The molecule has 8 rings (SSSR count). The molecule has 5 saturated carbocycles. The van der Waals surface area contributed by atoms with E-state index in [4.69, 9.17) is 9.78 Å². The van der Waals surface area contributed by atoms with Gasteiger partial charge in [0.05, 0.1) is 23.2 Å². The Balaban J connectivity index is 0.000000181. The van der Waals surface area contributed by atoms with Crippen LogP contribution in [-0.2, 0) is 22.1 Å². The zero-order valence-electron chi connectivity index (χ0n) is 26.5. The first-order valence-corrected chi connectivity index (χ1v) is 17.0. The first-order valence-electron chi connectivity index (χ1n) is 17.0. The van der Waals surface area contributed by atoms with Crippen LogP contribution in [0, 0.1) is 23.7 Å². The van der Waals surface area contributed by atoms with Crippen LogP contribution >= 0.6 is 0 Å². The highest BCUT2D eigenvalue weighted by atomic mass is 19.4. The number of carbonyl (C=O) groups is 1. The molecule has 0 radical (unpaired) electrons. The Morgan fingerprint density at radius 2 is 1.52 bits per heavy atom. The van der Waals surface area contributed by atoms with E-state index in [1.165, 1.54) is 25.7 Å². The fraction of sp³-hybridized carbons (Fsp3) is 0.706. The molecule has 1 aliphatic heterocycles. The van der Waals surface area contributed by atoms with Crippen molar-refractivity contribution >= 4 is 17.0 Å². The predicted molar refractivity (Wildman–Crippen MR) is 160 cm³/mol. The van der Waals surface area contributed by atoms with Gasteiger partial charge < -0.3 is 20.2 Å². The third kappa shape index (κ3) is 7.13. The van der Waals surface area contributed by atoms with Gasteiger partial charge in [0, 0.05) is 23.8 Å². The molecule has 3 N–H and O–H groups in total. The van der Waals surface area contributed by atoms with Crippen LogP contribution in [0.1, 0.15) is 106 Å². The summed E-state index contributed by atoms with van der Waals surface area (Å²) in [5, 5.41) is 30.8. The summed E-state index contributed by atoms with van der Waals surface area (Å²) in [6, 6.07) is 2.15. The second kappa shape index (κ2) is 13.6. The molecule has 2 unspecified atom stereocenters. The maximum atomic E-state index is 13.3. The topological polar surface area (TPSA) is 112 Å². The number of alkyl halides is 6. The number of aromatic nitrogens is 1. The van der Waals surface area contributed by atoms with E-state index in [1.54, 1.807) is 0 Å². The molecule has 8 nitrogen and oxygen atoms in total. The minimum atomic E-state index is -5.06. The Labute approximate surface area is 274 Å². The minimum Gasteiger partial charge on any atom is -0.465 e. The summed E-state index contributed by atoms with van der Waals surface area (Å²) in [6.45, 7) is 0.0694. The number of pyridine rings is 1. The second-order valence-corrected chi connectivity index (χ2v) is 14.3. The van der Waals surface area contributed by atoms with Crippen molar-refractivity contribution in [2.24, 2.45) is 23.7 Å². The van der Waals surface area contributed by atoms with Crippen LogP contribution in [0.3, 0.4) is 0 Å². The van der Waals surface area contributed by atoms with Crippen LogP contribution in [0.25, 0.3) is 10.9 Å². The van der Waals surface area contributed by atoms with E-state index in [9.17, 15) is 46.5 Å². The summed E-state index contributed by atoms with van der Waals surface area (Å²) >= 11 is 0. The number of nitrogens with zero attached hydrogens (tertiary/aromatic N) is 2. The van der Waals surface area contributed by atoms with Crippen molar-refractivity contribution in [3.05, 3.63) is 41.1 Å². The zero-order valence-corrected chi connectivity index (χ0v) is 26.5. The minimum absolute atomic E-state index is 0.0694. The molecule has 4 bridgehead atoms. The number of likely N-dealkylation sites (tertiary alicyclic amines) is 1. The largest absolute Gasteiger partial charge is 0.465 e. The van der Waals surface area contributed by atoms with E-state index in [-0.39, 0.29) is 24.5 Å². The molecule has 0 spiro atoms. The standard InChI is InChI=1S/C18H16F6N2O3.C16H26O3/c19-17(20,21)11-5-3-4-9-10(8-13(18(22,23)24)25-14(9)11)15(27)12-6-1-2-7-26(12)16(28)29;17-16(19-18-15-4-2-1-3-5-15)13-7-11-6-12(9-13)10-14(16)8-11/h3-5,8,12,15,27H,1-2,6-7H2,(H,28,29);11-15,17H,1-10H2. The molecule has 1 saturated heterocycles. The molecule has 48 heavy (non-hydrogen) atoms. The Morgan fingerprint density at radius 1 is 0.896 bits per heavy atom. The first-order chi connectivity index (χ1) is 22.6. The van der Waals surface area contributed by atoms with E-state index in [1.807, 2.05) is 0 Å². The average Bonchev–Trinajstić information content (AvgIpc) is 3.05. The number of amides is 1. The van der Waals surface area contributed by atoms with Crippen LogP contribution in [0.4, 0.5) is 31.1 Å². The summed E-state index contributed by atoms with van der Waals surface area (Å²) in [6.07, 6.45) is 0.271. The first kappa shape index (κ1) is 35.2. The summed E-state index contributed by atoms with van der Waals surface area (Å²) < 4.78 is 79.9. The maximum Gasteiger partial charge on any atom is 0.433 e. The molecule has 1 amide bonds. The fourth-order valence-electron chi connectivity index (χ4n) is 8.93. The van der Waals surface area contributed by atoms with Gasteiger partial charge in [-0.1, -0.05) is 31.4 Å². The molecule has 6 fully saturated rings. The lowest BCUT2D eigenvalue weighted by Crippen LogP contribution is -2.59. The Kier molecular flexibility index (Phi) is 9.93. The predicted octanol–water partition coefficient (Wildman–Crippen LogP) is 8.25. The number of halogens is 6. The van der Waals surface area contributed by atoms with Gasteiger partial charge in [-0.15, -0.1) is 0 Å². The van der Waals surface area contributed by atoms with Gasteiger partial charge in [0.1, 0.15) is 11.8 Å². The molecule has 5 aliphatic carbocycles. The number of hydrogen-bond acceptors (Lipinski definition) is 6. The van der Waals surface area contributed by atoms with Gasteiger partial charge >= 0.3 is 18.4 Å². The van der Waals surface area contributed by atoms with Gasteiger partial charge in [-0.05, 0) is 93.7 Å². The van der Waals surface area contributed by atoms with Gasteiger partial charge in [0.25, 0.3) is 0 Å². The van der Waals surface area contributed by atoms with E-state index in [0.717, 1.165) is 67.4 Å². The highest BCUT2D eigenvalue weighted by molar-refractivity contribution is 5.86. The summed E-state index contributed by atoms with van der Waals surface area (Å²) in [5.41, 5.74) is -4.34. The van der Waals surface area contributed by atoms with Crippen LogP contribution in [0.5, 0.6) is 0 Å². The molecule has 1 aromatic carbocycles. The monoisotopic (exact) mass is 688 g/mol. The molecule has 14 heteroatoms. The van der Waals surface area contributed by atoms with Crippen molar-refractivity contribution in [1.29, 1.82) is 0 Å². The molecular weight excluding hydrogens is 646 g/mol. The number of rotatable bonds is 5. The summed E-state index contributed by atoms with van der Waals surface area (Å²) in [7, 11) is 0. The third-order valence-electron chi connectivity index (χ3n) is 11.1. The smallest absolute Gasteiger partial charge is 0.433 e. The number of aliphatic hydroxyl groups excluding tert-OH is 1. The summed E-state index contributed by atoms with van der Waals surface area (Å²) in [5.74, 6) is 1.38. The number of carboxylic acid groups (broad SMARTS) is 1. The van der Waals surface area contributed by atoms with Crippen molar-refractivity contribution in [2.45, 2.75) is 120 Å². The van der Waals surface area contributed by atoms with Gasteiger partial charge in [-0.2, -0.15) is 26.3 Å². The van der Waals surface area contributed by atoms with Crippen LogP contribution in [-0.4, -0.2) is 55.8 Å². The van der Waals surface area contributed by atoms with Crippen molar-refractivity contribution < 1.29 is 56.2 Å². The summed E-state index contributed by atoms with van der Waals surface area (Å²) in [4.78, 5) is 26.9. The molecular formula is C34H42F6N2O6. The SMILES string of the molecule is O=C(O)N1CCCCC1C(O)c1cc(C(F)(F)F)nc2c(C(F)(F)F)cccc12.OC1(OOC2CCCCC2)C2CC3CC(C2)CC1C3. The van der Waals surface area contributed by atoms with Crippen LogP contribution in [0.15, 0.2) is 24.3 Å². The number of para-hydroxylation sites is 1. The number of piperidine rings is 1. The van der Waals surface area contributed by atoms with E-state index < -0.39 is 58.7 Å². The highest BCUT2D eigenvalue weighted by Crippen LogP contribution is 2.58. The van der Waals surface area contributed by atoms with E-state index in [0.29, 0.717) is 36.8 Å². The molecule has 2 aromatic rings. The van der Waals surface area contributed by atoms with Crippen molar-refractivity contribution in [3.63, 3.8) is 0 Å². The van der Waals surface area contributed by atoms with E-state index in [2.05, 4.69) is 4.98 Å². The van der Waals surface area contributed by atoms with E-state index >= 15 is 0 Å². The maximum absolute atomic E-state index is 13.3. The molecule has 2 atom stereocenters. The van der Waals surface area contributed by atoms with Crippen molar-refractivity contribution in [1.82, 2.24) is 9.88 Å². The van der Waals surface area contributed by atoms with Crippen molar-refractivity contribution in [2.75, 3.05) is 6.54 Å². The Morgan fingerprint density at radius 3 is 2.10 bits per heavy atom.